The van der Waals surface area contributed by atoms with Gasteiger partial charge in [0.15, 0.2) is 18.1 Å². The van der Waals surface area contributed by atoms with Crippen LogP contribution < -0.4 is 9.47 Å². The maximum atomic E-state index is 12.6. The largest absolute Gasteiger partial charge is 0.493 e. The zero-order valence-electron chi connectivity index (χ0n) is 17.8. The fourth-order valence-electron chi connectivity index (χ4n) is 3.23. The molecule has 2 aromatic rings. The number of hydrogen-bond donors (Lipinski definition) is 0. The molecule has 0 unspecified atom stereocenters. The molecule has 0 atom stereocenters. The monoisotopic (exact) mass is 418 g/mol. The minimum atomic E-state index is -0.985. The van der Waals surface area contributed by atoms with Gasteiger partial charge in [0.05, 0.1) is 24.7 Å². The van der Waals surface area contributed by atoms with Gasteiger partial charge in [0.2, 0.25) is 5.78 Å². The standard InChI is InChI=1S/C21H26N2O7/c1-6-8-22-13(3)9-15(14(22)4)18(24)12-30-21(25)16-10-20(29-7-2)19(28-5)11-17(16)23(26)27/h9-11H,6-8,12H2,1-5H3. The first kappa shape index (κ1) is 22.9. The normalized spacial score (nSPS) is 10.6. The maximum Gasteiger partial charge on any atom is 0.345 e. The minimum absolute atomic E-state index is 0.125. The van der Waals surface area contributed by atoms with Crippen LogP contribution in [0.3, 0.4) is 0 Å². The van der Waals surface area contributed by atoms with Gasteiger partial charge in [-0.3, -0.25) is 14.9 Å². The predicted molar refractivity (Wildman–Crippen MR) is 110 cm³/mol. The van der Waals surface area contributed by atoms with E-state index in [1.807, 2.05) is 25.3 Å². The molecule has 0 aliphatic carbocycles. The van der Waals surface area contributed by atoms with E-state index in [-0.39, 0.29) is 29.5 Å². The third-order valence-electron chi connectivity index (χ3n) is 4.65. The van der Waals surface area contributed by atoms with Crippen LogP contribution in [0.5, 0.6) is 11.5 Å². The van der Waals surface area contributed by atoms with Crippen LogP contribution in [0.25, 0.3) is 0 Å². The van der Waals surface area contributed by atoms with Gasteiger partial charge in [0.1, 0.15) is 5.56 Å². The molecule has 0 saturated heterocycles. The summed E-state index contributed by atoms with van der Waals surface area (Å²) in [4.78, 5) is 35.8. The maximum absolute atomic E-state index is 12.6. The van der Waals surface area contributed by atoms with Gasteiger partial charge in [0.25, 0.3) is 5.69 Å². The Kier molecular flexibility index (Phi) is 7.57. The number of nitrogens with zero attached hydrogens (tertiary/aromatic N) is 2. The van der Waals surface area contributed by atoms with E-state index in [4.69, 9.17) is 14.2 Å². The Morgan fingerprint density at radius 3 is 2.37 bits per heavy atom. The topological polar surface area (TPSA) is 110 Å². The summed E-state index contributed by atoms with van der Waals surface area (Å²) >= 11 is 0. The lowest BCUT2D eigenvalue weighted by molar-refractivity contribution is -0.385. The van der Waals surface area contributed by atoms with Crippen molar-refractivity contribution in [1.82, 2.24) is 4.57 Å². The summed E-state index contributed by atoms with van der Waals surface area (Å²) < 4.78 is 17.6. The van der Waals surface area contributed by atoms with E-state index in [9.17, 15) is 19.7 Å². The first-order valence-corrected chi connectivity index (χ1v) is 9.61. The summed E-state index contributed by atoms with van der Waals surface area (Å²) in [5.74, 6) is -1.06. The molecule has 0 spiro atoms. The van der Waals surface area contributed by atoms with E-state index in [1.165, 1.54) is 13.2 Å². The smallest absolute Gasteiger partial charge is 0.345 e. The predicted octanol–water partition coefficient (Wildman–Crippen LogP) is 3.87. The zero-order chi connectivity index (χ0) is 22.4. The van der Waals surface area contributed by atoms with Gasteiger partial charge >= 0.3 is 5.97 Å². The second kappa shape index (κ2) is 9.91. The molecule has 2 rings (SSSR count). The summed E-state index contributed by atoms with van der Waals surface area (Å²) in [5.41, 5.74) is 1.40. The number of nitro benzene ring substituents is 1. The van der Waals surface area contributed by atoms with Gasteiger partial charge in [-0.15, -0.1) is 0 Å². The number of benzene rings is 1. The van der Waals surface area contributed by atoms with Crippen LogP contribution in [0, 0.1) is 24.0 Å². The molecule has 0 aliphatic rings. The fraction of sp³-hybridized carbons (Fsp3) is 0.429. The van der Waals surface area contributed by atoms with E-state index in [2.05, 4.69) is 0 Å². The number of carbonyl (C=O) groups excluding carboxylic acids is 2. The lowest BCUT2D eigenvalue weighted by Crippen LogP contribution is -2.16. The Morgan fingerprint density at radius 2 is 1.80 bits per heavy atom. The number of Topliss-reactive ketones (excluding diaryl/α,β-unsaturated/α-hetero) is 1. The first-order chi connectivity index (χ1) is 14.2. The number of rotatable bonds is 10. The van der Waals surface area contributed by atoms with Gasteiger partial charge in [-0.1, -0.05) is 6.92 Å². The van der Waals surface area contributed by atoms with Crippen LogP contribution in [0.1, 0.15) is 52.4 Å². The average molecular weight is 418 g/mol. The Balaban J connectivity index is 2.25. The fourth-order valence-corrected chi connectivity index (χ4v) is 3.23. The van der Waals surface area contributed by atoms with Crippen molar-refractivity contribution in [2.45, 2.75) is 40.7 Å². The molecule has 0 saturated carbocycles. The number of carbonyl (C=O) groups is 2. The van der Waals surface area contributed by atoms with Crippen LogP contribution in [0.2, 0.25) is 0 Å². The molecule has 0 aliphatic heterocycles. The highest BCUT2D eigenvalue weighted by atomic mass is 16.6. The summed E-state index contributed by atoms with van der Waals surface area (Å²) in [7, 11) is 1.34. The molecular formula is C21H26N2O7. The number of ether oxygens (including phenoxy) is 3. The molecule has 0 radical (unpaired) electrons. The van der Waals surface area contributed by atoms with E-state index in [1.54, 1.807) is 13.0 Å². The summed E-state index contributed by atoms with van der Waals surface area (Å²) in [6, 6.07) is 4.05. The first-order valence-electron chi connectivity index (χ1n) is 9.61. The van der Waals surface area contributed by atoms with Crippen molar-refractivity contribution < 1.29 is 28.7 Å². The van der Waals surface area contributed by atoms with Crippen LogP contribution in [0.15, 0.2) is 18.2 Å². The SMILES string of the molecule is CCCn1c(C)cc(C(=O)COC(=O)c2cc(OCC)c(OC)cc2[N+](=O)[O-])c1C. The summed E-state index contributed by atoms with van der Waals surface area (Å²) in [5, 5.41) is 11.4. The number of nitro groups is 1. The second-order valence-electron chi connectivity index (χ2n) is 6.65. The highest BCUT2D eigenvalue weighted by Gasteiger charge is 2.27. The Bertz CT molecular complexity index is 963. The molecule has 0 bridgehead atoms. The lowest BCUT2D eigenvalue weighted by Gasteiger charge is -2.11. The van der Waals surface area contributed by atoms with Crippen LogP contribution in [-0.4, -0.2) is 41.6 Å². The molecule has 9 nitrogen and oxygen atoms in total. The zero-order valence-corrected chi connectivity index (χ0v) is 17.8. The van der Waals surface area contributed by atoms with Gasteiger partial charge in [0, 0.05) is 29.6 Å². The molecule has 0 N–H and O–H groups in total. The van der Waals surface area contributed by atoms with Gasteiger partial charge < -0.3 is 18.8 Å². The third-order valence-corrected chi connectivity index (χ3v) is 4.65. The van der Waals surface area contributed by atoms with E-state index < -0.39 is 23.2 Å². The Labute approximate surface area is 174 Å². The molecule has 0 amide bonds. The molecule has 1 heterocycles. The minimum Gasteiger partial charge on any atom is -0.493 e. The van der Waals surface area contributed by atoms with Crippen LogP contribution >= 0.6 is 0 Å². The molecule has 0 fully saturated rings. The number of methoxy groups -OCH3 is 1. The molecule has 9 heteroatoms. The Hall–Kier alpha value is -3.36. The van der Waals surface area contributed by atoms with Crippen molar-refractivity contribution in [3.63, 3.8) is 0 Å². The number of ketones is 1. The van der Waals surface area contributed by atoms with Crippen molar-refractivity contribution in [3.05, 3.63) is 50.8 Å². The van der Waals surface area contributed by atoms with Crippen molar-refractivity contribution in [2.24, 2.45) is 0 Å². The Morgan fingerprint density at radius 1 is 1.10 bits per heavy atom. The van der Waals surface area contributed by atoms with Crippen molar-refractivity contribution in [1.29, 1.82) is 0 Å². The molecule has 162 valence electrons. The lowest BCUT2D eigenvalue weighted by atomic mass is 10.1. The molecule has 30 heavy (non-hydrogen) atoms. The summed E-state index contributed by atoms with van der Waals surface area (Å²) in [6.07, 6.45) is 0.919. The molecule has 1 aromatic heterocycles. The second-order valence-corrected chi connectivity index (χ2v) is 6.65. The van der Waals surface area contributed by atoms with Crippen molar-refractivity contribution >= 4 is 17.4 Å². The number of aromatic nitrogens is 1. The van der Waals surface area contributed by atoms with Crippen molar-refractivity contribution in [3.8, 4) is 11.5 Å². The van der Waals surface area contributed by atoms with Gasteiger partial charge in [-0.05, 0) is 33.3 Å². The molecular weight excluding hydrogens is 392 g/mol. The van der Waals surface area contributed by atoms with E-state index in [0.717, 1.165) is 30.4 Å². The quantitative estimate of drug-likeness (QED) is 0.249. The number of esters is 1. The van der Waals surface area contributed by atoms with Gasteiger partial charge in [-0.2, -0.15) is 0 Å². The van der Waals surface area contributed by atoms with Crippen LogP contribution in [0.4, 0.5) is 5.69 Å². The van der Waals surface area contributed by atoms with Crippen molar-refractivity contribution in [2.75, 3.05) is 20.3 Å². The third kappa shape index (κ3) is 4.79. The van der Waals surface area contributed by atoms with E-state index in [0.29, 0.717) is 5.56 Å². The highest BCUT2D eigenvalue weighted by Crippen LogP contribution is 2.35. The highest BCUT2D eigenvalue weighted by molar-refractivity contribution is 6.01. The summed E-state index contributed by atoms with van der Waals surface area (Å²) in [6.45, 7) is 8.04. The molecule has 1 aromatic carbocycles. The number of hydrogen-bond acceptors (Lipinski definition) is 7. The van der Waals surface area contributed by atoms with E-state index >= 15 is 0 Å². The van der Waals surface area contributed by atoms with Gasteiger partial charge in [-0.25, -0.2) is 4.79 Å². The van der Waals surface area contributed by atoms with Crippen LogP contribution in [-0.2, 0) is 11.3 Å². The number of aryl methyl sites for hydroxylation is 1. The average Bonchev–Trinajstić information content (AvgIpc) is 3.00.